The first-order chi connectivity index (χ1) is 9.54. The molecular weight excluding hydrogens is 261 g/mol. The fourth-order valence-electron chi connectivity index (χ4n) is 1.91. The summed E-state index contributed by atoms with van der Waals surface area (Å²) in [6, 6.07) is 9.11. The molecule has 100 valence electrons. The molecule has 0 atom stereocenters. The van der Waals surface area contributed by atoms with Crippen LogP contribution in [0.2, 0.25) is 0 Å². The van der Waals surface area contributed by atoms with E-state index < -0.39 is 5.97 Å². The van der Waals surface area contributed by atoms with Gasteiger partial charge in [-0.25, -0.2) is 14.2 Å². The quantitative estimate of drug-likeness (QED) is 0.772. The third-order valence-electron chi connectivity index (χ3n) is 3.05. The highest BCUT2D eigenvalue weighted by atomic mass is 19.1. The van der Waals surface area contributed by atoms with Crippen LogP contribution in [0.3, 0.4) is 0 Å². The lowest BCUT2D eigenvalue weighted by Gasteiger charge is -1.98. The van der Waals surface area contributed by atoms with Crippen LogP contribution in [-0.2, 0) is 0 Å². The lowest BCUT2D eigenvalue weighted by molar-refractivity contribution is 0.0697. The molecule has 2 aromatic carbocycles. The molecule has 4 nitrogen and oxygen atoms in total. The third kappa shape index (κ3) is 2.03. The third-order valence-corrected chi connectivity index (χ3v) is 3.05. The van der Waals surface area contributed by atoms with Crippen LogP contribution in [0.5, 0.6) is 0 Å². The number of hydrogen-bond acceptors (Lipinski definition) is 3. The van der Waals surface area contributed by atoms with Crippen molar-refractivity contribution in [2.75, 3.05) is 0 Å². The zero-order chi connectivity index (χ0) is 14.3. The number of aryl methyl sites for hydroxylation is 1. The molecule has 0 spiro atoms. The van der Waals surface area contributed by atoms with Gasteiger partial charge >= 0.3 is 5.97 Å². The van der Waals surface area contributed by atoms with E-state index in [1.807, 2.05) is 0 Å². The molecule has 0 saturated carbocycles. The van der Waals surface area contributed by atoms with Gasteiger partial charge in [0.1, 0.15) is 11.3 Å². The van der Waals surface area contributed by atoms with Gasteiger partial charge in [-0.2, -0.15) is 0 Å². The SMILES string of the molecule is Cc1ccc(-c2nc3ccc(C(=O)O)cc3o2)cc1F. The van der Waals surface area contributed by atoms with Crippen LogP contribution in [0.25, 0.3) is 22.6 Å². The minimum absolute atomic E-state index is 0.121. The maximum Gasteiger partial charge on any atom is 0.335 e. The van der Waals surface area contributed by atoms with Crippen molar-refractivity contribution in [3.63, 3.8) is 0 Å². The van der Waals surface area contributed by atoms with E-state index in [9.17, 15) is 9.18 Å². The zero-order valence-electron chi connectivity index (χ0n) is 10.6. The summed E-state index contributed by atoms with van der Waals surface area (Å²) in [5, 5.41) is 8.92. The molecule has 3 rings (SSSR count). The van der Waals surface area contributed by atoms with Gasteiger partial charge in [-0.3, -0.25) is 0 Å². The van der Waals surface area contributed by atoms with Gasteiger partial charge in [0.25, 0.3) is 0 Å². The summed E-state index contributed by atoms with van der Waals surface area (Å²) in [5.41, 5.74) is 2.07. The average Bonchev–Trinajstić information content (AvgIpc) is 2.84. The van der Waals surface area contributed by atoms with E-state index in [-0.39, 0.29) is 17.3 Å². The largest absolute Gasteiger partial charge is 0.478 e. The summed E-state index contributed by atoms with van der Waals surface area (Å²) in [7, 11) is 0. The average molecular weight is 271 g/mol. The van der Waals surface area contributed by atoms with Crippen LogP contribution >= 0.6 is 0 Å². The Morgan fingerprint density at radius 2 is 2.05 bits per heavy atom. The van der Waals surface area contributed by atoms with Crippen molar-refractivity contribution in [1.29, 1.82) is 0 Å². The molecule has 0 aliphatic rings. The number of hydrogen-bond donors (Lipinski definition) is 1. The molecule has 3 aromatic rings. The number of benzene rings is 2. The Hall–Kier alpha value is -2.69. The van der Waals surface area contributed by atoms with Crippen LogP contribution in [0.15, 0.2) is 40.8 Å². The van der Waals surface area contributed by atoms with Crippen molar-refractivity contribution in [3.05, 3.63) is 53.3 Å². The normalized spacial score (nSPS) is 10.9. The first-order valence-electron chi connectivity index (χ1n) is 5.95. The molecule has 0 unspecified atom stereocenters. The molecule has 1 N–H and O–H groups in total. The Balaban J connectivity index is 2.12. The number of rotatable bonds is 2. The summed E-state index contributed by atoms with van der Waals surface area (Å²) in [4.78, 5) is 15.1. The zero-order valence-corrected chi connectivity index (χ0v) is 10.6. The molecule has 0 amide bonds. The molecule has 5 heteroatoms. The Bertz CT molecular complexity index is 823. The highest BCUT2D eigenvalue weighted by Crippen LogP contribution is 2.26. The summed E-state index contributed by atoms with van der Waals surface area (Å²) >= 11 is 0. The number of carboxylic acids is 1. The summed E-state index contributed by atoms with van der Waals surface area (Å²) < 4.78 is 19.0. The lowest BCUT2D eigenvalue weighted by Crippen LogP contribution is -1.94. The van der Waals surface area contributed by atoms with Crippen LogP contribution in [0, 0.1) is 12.7 Å². The first kappa shape index (κ1) is 12.3. The summed E-state index contributed by atoms with van der Waals surface area (Å²) in [5.74, 6) is -1.11. The topological polar surface area (TPSA) is 63.3 Å². The van der Waals surface area contributed by atoms with E-state index in [0.29, 0.717) is 22.2 Å². The van der Waals surface area contributed by atoms with Gasteiger partial charge < -0.3 is 9.52 Å². The van der Waals surface area contributed by atoms with E-state index in [4.69, 9.17) is 9.52 Å². The lowest BCUT2D eigenvalue weighted by atomic mass is 10.1. The number of oxazole rings is 1. The molecule has 20 heavy (non-hydrogen) atoms. The van der Waals surface area contributed by atoms with E-state index in [2.05, 4.69) is 4.98 Å². The highest BCUT2D eigenvalue weighted by molar-refractivity contribution is 5.92. The smallest absolute Gasteiger partial charge is 0.335 e. The van der Waals surface area contributed by atoms with Gasteiger partial charge in [-0.15, -0.1) is 0 Å². The minimum Gasteiger partial charge on any atom is -0.478 e. The standard InChI is InChI=1S/C15H10FNO3/c1-8-2-3-9(6-11(8)16)14-17-12-5-4-10(15(18)19)7-13(12)20-14/h2-7H,1H3,(H,18,19). The predicted octanol–water partition coefficient (Wildman–Crippen LogP) is 3.64. The fourth-order valence-corrected chi connectivity index (χ4v) is 1.91. The van der Waals surface area contributed by atoms with Crippen molar-refractivity contribution < 1.29 is 18.7 Å². The Morgan fingerprint density at radius 1 is 1.25 bits per heavy atom. The summed E-state index contributed by atoms with van der Waals surface area (Å²) in [6.45, 7) is 1.67. The van der Waals surface area contributed by atoms with Gasteiger partial charge in [0.15, 0.2) is 5.58 Å². The number of nitrogens with zero attached hydrogens (tertiary/aromatic N) is 1. The first-order valence-corrected chi connectivity index (χ1v) is 5.95. The number of carbonyl (C=O) groups is 1. The Labute approximate surface area is 113 Å². The van der Waals surface area contributed by atoms with E-state index in [1.54, 1.807) is 25.1 Å². The summed E-state index contributed by atoms with van der Waals surface area (Å²) in [6.07, 6.45) is 0. The van der Waals surface area contributed by atoms with Gasteiger partial charge in [-0.1, -0.05) is 6.07 Å². The highest BCUT2D eigenvalue weighted by Gasteiger charge is 2.12. The van der Waals surface area contributed by atoms with Crippen LogP contribution in [-0.4, -0.2) is 16.1 Å². The molecule has 0 aliphatic carbocycles. The second-order valence-corrected chi connectivity index (χ2v) is 4.47. The second-order valence-electron chi connectivity index (χ2n) is 4.47. The van der Waals surface area contributed by atoms with E-state index >= 15 is 0 Å². The predicted molar refractivity (Wildman–Crippen MR) is 71.1 cm³/mol. The Kier molecular flexibility index (Phi) is 2.75. The molecule has 0 aliphatic heterocycles. The number of halogens is 1. The maximum absolute atomic E-state index is 13.5. The molecule has 0 radical (unpaired) electrons. The van der Waals surface area contributed by atoms with Gasteiger partial charge in [0.2, 0.25) is 5.89 Å². The van der Waals surface area contributed by atoms with Crippen molar-refractivity contribution in [2.24, 2.45) is 0 Å². The molecular formula is C15H10FNO3. The van der Waals surface area contributed by atoms with Gasteiger partial charge in [0, 0.05) is 5.56 Å². The number of aromatic carboxylic acids is 1. The monoisotopic (exact) mass is 271 g/mol. The van der Waals surface area contributed by atoms with Crippen LogP contribution < -0.4 is 0 Å². The van der Waals surface area contributed by atoms with Gasteiger partial charge in [-0.05, 0) is 42.8 Å². The van der Waals surface area contributed by atoms with Crippen molar-refractivity contribution >= 4 is 17.1 Å². The molecule has 0 fully saturated rings. The fraction of sp³-hybridized carbons (Fsp3) is 0.0667. The number of aromatic nitrogens is 1. The van der Waals surface area contributed by atoms with Crippen LogP contribution in [0.1, 0.15) is 15.9 Å². The molecule has 1 aromatic heterocycles. The van der Waals surface area contributed by atoms with E-state index in [1.165, 1.54) is 18.2 Å². The Morgan fingerprint density at radius 3 is 2.75 bits per heavy atom. The number of fused-ring (bicyclic) bond motifs is 1. The van der Waals surface area contributed by atoms with Crippen molar-refractivity contribution in [2.45, 2.75) is 6.92 Å². The second kappa shape index (κ2) is 4.45. The maximum atomic E-state index is 13.5. The van der Waals surface area contributed by atoms with Crippen molar-refractivity contribution in [1.82, 2.24) is 4.98 Å². The minimum atomic E-state index is -1.04. The van der Waals surface area contributed by atoms with Gasteiger partial charge in [0.05, 0.1) is 5.56 Å². The van der Waals surface area contributed by atoms with Crippen molar-refractivity contribution in [3.8, 4) is 11.5 Å². The number of carboxylic acid groups (broad SMARTS) is 1. The van der Waals surface area contributed by atoms with E-state index in [0.717, 1.165) is 0 Å². The molecule has 1 heterocycles. The molecule has 0 bridgehead atoms. The molecule has 0 saturated heterocycles. The van der Waals surface area contributed by atoms with Crippen LogP contribution in [0.4, 0.5) is 4.39 Å².